The number of guanidine groups is 1. The molecule has 3 rings (SSSR count). The van der Waals surface area contributed by atoms with Crippen molar-refractivity contribution >= 4 is 45.6 Å². The Balaban J connectivity index is 0.00000225. The number of hydrogen-bond acceptors (Lipinski definition) is 3. The van der Waals surface area contributed by atoms with Crippen LogP contribution in [-0.2, 0) is 16.4 Å². The number of aliphatic imine (C=N–C) groups is 1. The van der Waals surface area contributed by atoms with Gasteiger partial charge in [-0.1, -0.05) is 25.1 Å². The van der Waals surface area contributed by atoms with Crippen LogP contribution >= 0.6 is 24.0 Å². The molecule has 1 aliphatic carbocycles. The molecule has 1 fully saturated rings. The van der Waals surface area contributed by atoms with Gasteiger partial charge in [-0.2, -0.15) is 0 Å². The van der Waals surface area contributed by atoms with Crippen LogP contribution in [0, 0.1) is 5.92 Å². The van der Waals surface area contributed by atoms with E-state index in [2.05, 4.69) is 22.5 Å². The summed E-state index contributed by atoms with van der Waals surface area (Å²) < 4.78 is 26.8. The first-order chi connectivity index (χ1) is 11.5. The van der Waals surface area contributed by atoms with Gasteiger partial charge in [0.15, 0.2) is 5.96 Å². The summed E-state index contributed by atoms with van der Waals surface area (Å²) in [7, 11) is -3.34. The summed E-state index contributed by atoms with van der Waals surface area (Å²) in [5.41, 5.74) is 1.92. The maximum Gasteiger partial charge on any atom is 0.237 e. The van der Waals surface area contributed by atoms with Gasteiger partial charge in [0.25, 0.3) is 0 Å². The highest BCUT2D eigenvalue weighted by molar-refractivity contribution is 14.0. The van der Waals surface area contributed by atoms with E-state index in [1.807, 2.05) is 31.2 Å². The summed E-state index contributed by atoms with van der Waals surface area (Å²) in [4.78, 5) is 4.43. The van der Waals surface area contributed by atoms with E-state index in [4.69, 9.17) is 0 Å². The minimum absolute atomic E-state index is 0. The van der Waals surface area contributed by atoms with Crippen LogP contribution in [-0.4, -0.2) is 45.8 Å². The Kier molecular flexibility index (Phi) is 6.95. The molecule has 2 unspecified atom stereocenters. The van der Waals surface area contributed by atoms with Crippen LogP contribution in [0.5, 0.6) is 0 Å². The minimum atomic E-state index is -3.34. The van der Waals surface area contributed by atoms with Crippen LogP contribution < -0.4 is 14.9 Å². The molecule has 8 heteroatoms. The maximum atomic E-state index is 12.6. The number of nitrogens with zero attached hydrogens (tertiary/aromatic N) is 2. The zero-order chi connectivity index (χ0) is 17.2. The molecule has 2 N–H and O–H groups in total. The van der Waals surface area contributed by atoms with Crippen molar-refractivity contribution in [3.63, 3.8) is 0 Å². The van der Waals surface area contributed by atoms with Crippen molar-refractivity contribution in [3.05, 3.63) is 29.8 Å². The molecule has 1 aromatic carbocycles. The Morgan fingerprint density at radius 1 is 1.36 bits per heavy atom. The zero-order valence-electron chi connectivity index (χ0n) is 14.7. The molecule has 1 aliphatic heterocycles. The molecule has 0 radical (unpaired) electrons. The normalized spacial score (nSPS) is 22.2. The van der Waals surface area contributed by atoms with E-state index < -0.39 is 10.0 Å². The van der Waals surface area contributed by atoms with Gasteiger partial charge >= 0.3 is 0 Å². The van der Waals surface area contributed by atoms with Crippen molar-refractivity contribution in [2.75, 3.05) is 29.7 Å². The highest BCUT2D eigenvalue weighted by atomic mass is 127. The summed E-state index contributed by atoms with van der Waals surface area (Å²) >= 11 is 0. The monoisotopic (exact) mass is 478 g/mol. The highest BCUT2D eigenvalue weighted by Gasteiger charge is 2.33. The van der Waals surface area contributed by atoms with Crippen molar-refractivity contribution in [1.29, 1.82) is 0 Å². The summed E-state index contributed by atoms with van der Waals surface area (Å²) in [6.45, 7) is 5.75. The second-order valence-electron chi connectivity index (χ2n) is 6.49. The van der Waals surface area contributed by atoms with Gasteiger partial charge in [-0.3, -0.25) is 9.30 Å². The molecular weight excluding hydrogens is 451 g/mol. The first-order valence-corrected chi connectivity index (χ1v) is 10.3. The van der Waals surface area contributed by atoms with E-state index in [1.165, 1.54) is 4.31 Å². The number of rotatable bonds is 6. The van der Waals surface area contributed by atoms with Gasteiger partial charge in [0.05, 0.1) is 18.0 Å². The SMILES string of the molecule is CCNC(=NCCS(=O)(=O)N1CCc2ccccc21)NC1CC1C.I. The molecule has 0 saturated heterocycles. The van der Waals surface area contributed by atoms with Crippen LogP contribution in [0.4, 0.5) is 5.69 Å². The number of hydrogen-bond donors (Lipinski definition) is 2. The number of nitrogens with one attached hydrogen (secondary N) is 2. The van der Waals surface area contributed by atoms with Crippen molar-refractivity contribution in [3.8, 4) is 0 Å². The molecule has 1 heterocycles. The van der Waals surface area contributed by atoms with E-state index >= 15 is 0 Å². The molecular formula is C17H27IN4O2S. The van der Waals surface area contributed by atoms with E-state index in [0.29, 0.717) is 24.5 Å². The molecule has 0 spiro atoms. The van der Waals surface area contributed by atoms with E-state index in [1.54, 1.807) is 0 Å². The number of para-hydroxylation sites is 1. The Morgan fingerprint density at radius 2 is 2.08 bits per heavy atom. The Morgan fingerprint density at radius 3 is 2.76 bits per heavy atom. The van der Waals surface area contributed by atoms with E-state index in [-0.39, 0.29) is 36.3 Å². The molecule has 6 nitrogen and oxygen atoms in total. The Hall–Kier alpha value is -1.03. The average molecular weight is 478 g/mol. The summed E-state index contributed by atoms with van der Waals surface area (Å²) in [5, 5.41) is 6.52. The molecule has 2 atom stereocenters. The fourth-order valence-electron chi connectivity index (χ4n) is 3.00. The lowest BCUT2D eigenvalue weighted by molar-refractivity contribution is 0.592. The van der Waals surface area contributed by atoms with Crippen LogP contribution in [0.3, 0.4) is 0 Å². The number of benzene rings is 1. The van der Waals surface area contributed by atoms with Crippen LogP contribution in [0.15, 0.2) is 29.3 Å². The lowest BCUT2D eigenvalue weighted by Gasteiger charge is -2.19. The lowest BCUT2D eigenvalue weighted by Crippen LogP contribution is -2.39. The molecule has 2 aliphatic rings. The van der Waals surface area contributed by atoms with Crippen LogP contribution in [0.1, 0.15) is 25.8 Å². The number of anilines is 1. The van der Waals surface area contributed by atoms with Crippen molar-refractivity contribution < 1.29 is 8.42 Å². The van der Waals surface area contributed by atoms with Gasteiger partial charge in [-0.25, -0.2) is 8.42 Å². The zero-order valence-corrected chi connectivity index (χ0v) is 17.9. The summed E-state index contributed by atoms with van der Waals surface area (Å²) in [6.07, 6.45) is 1.93. The molecule has 0 bridgehead atoms. The molecule has 25 heavy (non-hydrogen) atoms. The lowest BCUT2D eigenvalue weighted by atomic mass is 10.2. The summed E-state index contributed by atoms with van der Waals surface area (Å²) in [5.74, 6) is 1.40. The number of fused-ring (bicyclic) bond motifs is 1. The van der Waals surface area contributed by atoms with E-state index in [0.717, 1.165) is 30.6 Å². The second kappa shape index (κ2) is 8.57. The number of sulfonamides is 1. The quantitative estimate of drug-likeness (QED) is 0.373. The second-order valence-corrected chi connectivity index (χ2v) is 8.50. The van der Waals surface area contributed by atoms with Crippen molar-refractivity contribution in [2.24, 2.45) is 10.9 Å². The summed E-state index contributed by atoms with van der Waals surface area (Å²) in [6, 6.07) is 8.17. The van der Waals surface area contributed by atoms with Gasteiger partial charge < -0.3 is 10.6 Å². The maximum absolute atomic E-state index is 12.6. The molecule has 0 aromatic heterocycles. The fraction of sp³-hybridized carbons (Fsp3) is 0.588. The van der Waals surface area contributed by atoms with Crippen LogP contribution in [0.25, 0.3) is 0 Å². The first-order valence-electron chi connectivity index (χ1n) is 8.64. The van der Waals surface area contributed by atoms with Crippen molar-refractivity contribution in [2.45, 2.75) is 32.7 Å². The van der Waals surface area contributed by atoms with Crippen LogP contribution in [0.2, 0.25) is 0 Å². The topological polar surface area (TPSA) is 73.8 Å². The third-order valence-electron chi connectivity index (χ3n) is 4.58. The smallest absolute Gasteiger partial charge is 0.237 e. The van der Waals surface area contributed by atoms with Gasteiger partial charge in [0, 0.05) is 19.1 Å². The van der Waals surface area contributed by atoms with Gasteiger partial charge in [-0.15, -0.1) is 24.0 Å². The van der Waals surface area contributed by atoms with Gasteiger partial charge in [-0.05, 0) is 37.3 Å². The predicted molar refractivity (Wildman–Crippen MR) is 113 cm³/mol. The Labute approximate surface area is 167 Å². The molecule has 1 saturated carbocycles. The van der Waals surface area contributed by atoms with Crippen molar-refractivity contribution in [1.82, 2.24) is 10.6 Å². The first kappa shape index (κ1) is 20.3. The molecule has 140 valence electrons. The molecule has 0 amide bonds. The Bertz CT molecular complexity index is 723. The average Bonchev–Trinajstić information content (AvgIpc) is 3.07. The van der Waals surface area contributed by atoms with Gasteiger partial charge in [0.1, 0.15) is 0 Å². The predicted octanol–water partition coefficient (Wildman–Crippen LogP) is 1.96. The largest absolute Gasteiger partial charge is 0.357 e. The highest BCUT2D eigenvalue weighted by Crippen LogP contribution is 2.30. The third-order valence-corrected chi connectivity index (χ3v) is 6.32. The van der Waals surface area contributed by atoms with E-state index in [9.17, 15) is 8.42 Å². The fourth-order valence-corrected chi connectivity index (χ4v) is 4.39. The minimum Gasteiger partial charge on any atom is -0.357 e. The van der Waals surface area contributed by atoms with Gasteiger partial charge in [0.2, 0.25) is 10.0 Å². The standard InChI is InChI=1S/C17H26N4O2S.HI/c1-3-18-17(20-15-12-13(15)2)19-9-11-24(22,23)21-10-8-14-6-4-5-7-16(14)21;/h4-7,13,15H,3,8-12H2,1-2H3,(H2,18,19,20);1H. The molecule has 1 aromatic rings. The third kappa shape index (κ3) is 4.99. The number of halogens is 1.